The second kappa shape index (κ2) is 21.0. The van der Waals surface area contributed by atoms with Crippen molar-refractivity contribution in [1.82, 2.24) is 0 Å². The van der Waals surface area contributed by atoms with Crippen LogP contribution < -0.4 is 0 Å². The predicted molar refractivity (Wildman–Crippen MR) is 113 cm³/mol. The topological polar surface area (TPSA) is 0 Å². The molecule has 0 aliphatic carbocycles. The van der Waals surface area contributed by atoms with Crippen molar-refractivity contribution in [3.63, 3.8) is 0 Å². The molecule has 0 fully saturated rings. The van der Waals surface area contributed by atoms with Crippen molar-refractivity contribution >= 4 is 0 Å². The number of hydrogen-bond acceptors (Lipinski definition) is 0. The van der Waals surface area contributed by atoms with E-state index in [0.717, 1.165) is 5.92 Å². The zero-order chi connectivity index (χ0) is 17.7. The molecule has 146 valence electrons. The third-order valence-electron chi connectivity index (χ3n) is 5.76. The van der Waals surface area contributed by atoms with Gasteiger partial charge in [-0.15, -0.1) is 0 Å². The number of rotatable bonds is 20. The number of hydrogen-bond donors (Lipinski definition) is 0. The van der Waals surface area contributed by atoms with Crippen molar-refractivity contribution in [3.05, 3.63) is 0 Å². The molecule has 0 saturated carbocycles. The summed E-state index contributed by atoms with van der Waals surface area (Å²) in [7, 11) is 0. The van der Waals surface area contributed by atoms with E-state index < -0.39 is 0 Å². The van der Waals surface area contributed by atoms with Crippen molar-refractivity contribution in [1.29, 1.82) is 0 Å². The zero-order valence-electron chi connectivity index (χ0n) is 17.7. The van der Waals surface area contributed by atoms with Gasteiger partial charge in [-0.2, -0.15) is 0 Å². The van der Waals surface area contributed by atoms with Crippen molar-refractivity contribution in [2.45, 2.75) is 149 Å². The van der Waals surface area contributed by atoms with Gasteiger partial charge in [0.05, 0.1) is 0 Å². The summed E-state index contributed by atoms with van der Waals surface area (Å²) in [6, 6.07) is 0. The van der Waals surface area contributed by atoms with E-state index in [0.29, 0.717) is 0 Å². The molecule has 0 amide bonds. The van der Waals surface area contributed by atoms with Crippen LogP contribution in [0.25, 0.3) is 0 Å². The van der Waals surface area contributed by atoms with Crippen LogP contribution in [0.2, 0.25) is 0 Å². The molecule has 1 unspecified atom stereocenters. The van der Waals surface area contributed by atoms with Crippen LogP contribution in [0, 0.1) is 5.92 Å². The Balaban J connectivity index is 3.25. The molecule has 24 heavy (non-hydrogen) atoms. The second-order valence-corrected chi connectivity index (χ2v) is 8.15. The van der Waals surface area contributed by atoms with E-state index in [-0.39, 0.29) is 0 Å². The van der Waals surface area contributed by atoms with E-state index in [4.69, 9.17) is 0 Å². The minimum absolute atomic E-state index is 1.02. The lowest BCUT2D eigenvalue weighted by Crippen LogP contribution is -1.99. The Morgan fingerprint density at radius 1 is 0.375 bits per heavy atom. The summed E-state index contributed by atoms with van der Waals surface area (Å²) in [5, 5.41) is 0. The predicted octanol–water partition coefficient (Wildman–Crippen LogP) is 9.46. The van der Waals surface area contributed by atoms with Crippen LogP contribution in [-0.2, 0) is 0 Å². The third-order valence-corrected chi connectivity index (χ3v) is 5.76. The van der Waals surface area contributed by atoms with Gasteiger partial charge in [0, 0.05) is 0 Å². The van der Waals surface area contributed by atoms with Gasteiger partial charge >= 0.3 is 0 Å². The molecular formula is C24H50. The zero-order valence-corrected chi connectivity index (χ0v) is 17.7. The van der Waals surface area contributed by atoms with Gasteiger partial charge in [0.15, 0.2) is 0 Å². The van der Waals surface area contributed by atoms with Gasteiger partial charge in [-0.3, -0.25) is 0 Å². The highest BCUT2D eigenvalue weighted by Gasteiger charge is 2.05. The number of unbranched alkanes of at least 4 members (excludes halogenated alkanes) is 15. The summed E-state index contributed by atoms with van der Waals surface area (Å²) >= 11 is 0. The average Bonchev–Trinajstić information content (AvgIpc) is 2.60. The Kier molecular flexibility index (Phi) is 21.0. The summed E-state index contributed by atoms with van der Waals surface area (Å²) in [6.07, 6.45) is 29.3. The first-order chi connectivity index (χ1) is 11.8. The van der Waals surface area contributed by atoms with Crippen molar-refractivity contribution in [3.8, 4) is 0 Å². The van der Waals surface area contributed by atoms with Crippen molar-refractivity contribution in [2.75, 3.05) is 0 Å². The first-order valence-electron chi connectivity index (χ1n) is 11.8. The normalized spacial score (nSPS) is 12.6. The SMILES string of the molecule is CCCCCCCCCCCCCC(CC)CCCCCCCC. The molecule has 0 aliphatic heterocycles. The fourth-order valence-electron chi connectivity index (χ4n) is 3.86. The molecular weight excluding hydrogens is 288 g/mol. The van der Waals surface area contributed by atoms with Crippen LogP contribution in [0.4, 0.5) is 0 Å². The first-order valence-corrected chi connectivity index (χ1v) is 11.8. The van der Waals surface area contributed by atoms with Gasteiger partial charge in [0.25, 0.3) is 0 Å². The molecule has 0 spiro atoms. The van der Waals surface area contributed by atoms with E-state index in [2.05, 4.69) is 20.8 Å². The van der Waals surface area contributed by atoms with Crippen LogP contribution in [0.5, 0.6) is 0 Å². The highest BCUT2D eigenvalue weighted by atomic mass is 14.1. The molecule has 0 bridgehead atoms. The molecule has 0 radical (unpaired) electrons. The molecule has 0 heteroatoms. The fraction of sp³-hybridized carbons (Fsp3) is 1.00. The smallest absolute Gasteiger partial charge is 0.0417 e. The second-order valence-electron chi connectivity index (χ2n) is 8.15. The van der Waals surface area contributed by atoms with E-state index in [1.807, 2.05) is 0 Å². The Bertz CT molecular complexity index is 208. The van der Waals surface area contributed by atoms with E-state index in [1.54, 1.807) is 0 Å². The highest BCUT2D eigenvalue weighted by molar-refractivity contribution is 4.59. The highest BCUT2D eigenvalue weighted by Crippen LogP contribution is 2.21. The Hall–Kier alpha value is 0. The van der Waals surface area contributed by atoms with Crippen LogP contribution >= 0.6 is 0 Å². The summed E-state index contributed by atoms with van der Waals surface area (Å²) in [5.41, 5.74) is 0. The largest absolute Gasteiger partial charge is 0.0654 e. The van der Waals surface area contributed by atoms with Crippen LogP contribution in [0.15, 0.2) is 0 Å². The molecule has 0 nitrogen and oxygen atoms in total. The molecule has 1 atom stereocenters. The van der Waals surface area contributed by atoms with Crippen molar-refractivity contribution < 1.29 is 0 Å². The molecule has 0 aromatic heterocycles. The maximum absolute atomic E-state index is 2.40. The van der Waals surface area contributed by atoms with Gasteiger partial charge in [0.1, 0.15) is 0 Å². The summed E-state index contributed by atoms with van der Waals surface area (Å²) in [5.74, 6) is 1.02. The molecule has 0 aromatic rings. The quantitative estimate of drug-likeness (QED) is 0.194. The summed E-state index contributed by atoms with van der Waals surface area (Å²) in [6.45, 7) is 7.01. The molecule has 0 N–H and O–H groups in total. The molecule has 0 heterocycles. The minimum atomic E-state index is 1.02. The monoisotopic (exact) mass is 338 g/mol. The Morgan fingerprint density at radius 2 is 0.667 bits per heavy atom. The fourth-order valence-corrected chi connectivity index (χ4v) is 3.86. The average molecular weight is 339 g/mol. The van der Waals surface area contributed by atoms with Gasteiger partial charge in [0.2, 0.25) is 0 Å². The molecule has 0 aromatic carbocycles. The molecule has 0 aliphatic rings. The standard InChI is InChI=1S/C24H50/c1-4-7-9-11-13-14-15-16-17-19-21-23-24(6-3)22-20-18-12-10-8-5-2/h24H,4-23H2,1-3H3. The van der Waals surface area contributed by atoms with Gasteiger partial charge < -0.3 is 0 Å². The van der Waals surface area contributed by atoms with E-state index >= 15 is 0 Å². The Morgan fingerprint density at radius 3 is 0.958 bits per heavy atom. The van der Waals surface area contributed by atoms with Crippen LogP contribution in [-0.4, -0.2) is 0 Å². The summed E-state index contributed by atoms with van der Waals surface area (Å²) < 4.78 is 0. The molecule has 0 rings (SSSR count). The van der Waals surface area contributed by atoms with Crippen LogP contribution in [0.3, 0.4) is 0 Å². The third kappa shape index (κ3) is 18.3. The van der Waals surface area contributed by atoms with Gasteiger partial charge in [-0.25, -0.2) is 0 Å². The lowest BCUT2D eigenvalue weighted by atomic mass is 9.92. The van der Waals surface area contributed by atoms with Crippen molar-refractivity contribution in [2.24, 2.45) is 5.92 Å². The molecule has 0 saturated heterocycles. The lowest BCUT2D eigenvalue weighted by Gasteiger charge is -2.14. The first kappa shape index (κ1) is 24.0. The van der Waals surface area contributed by atoms with E-state index in [9.17, 15) is 0 Å². The summed E-state index contributed by atoms with van der Waals surface area (Å²) in [4.78, 5) is 0. The van der Waals surface area contributed by atoms with E-state index in [1.165, 1.54) is 128 Å². The maximum atomic E-state index is 2.40. The van der Waals surface area contributed by atoms with Crippen LogP contribution in [0.1, 0.15) is 149 Å². The lowest BCUT2D eigenvalue weighted by molar-refractivity contribution is 0.392. The van der Waals surface area contributed by atoms with Gasteiger partial charge in [-0.1, -0.05) is 149 Å². The maximum Gasteiger partial charge on any atom is -0.0417 e. The minimum Gasteiger partial charge on any atom is -0.0654 e. The Labute approximate surface area is 155 Å². The van der Waals surface area contributed by atoms with Gasteiger partial charge in [-0.05, 0) is 5.92 Å².